The fourth-order valence-corrected chi connectivity index (χ4v) is 3.42. The number of hydrogen-bond donors (Lipinski definition) is 2. The molecule has 2 aromatic carbocycles. The molecule has 0 aliphatic heterocycles. The predicted molar refractivity (Wildman–Crippen MR) is 122 cm³/mol. The van der Waals surface area contributed by atoms with Gasteiger partial charge in [-0.15, -0.1) is 0 Å². The largest absolute Gasteiger partial charge is 0.489 e. The molecule has 0 radical (unpaired) electrons. The topological polar surface area (TPSA) is 80.6 Å². The maximum Gasteiger partial charge on any atom is 0.287 e. The molecule has 1 heterocycles. The van der Waals surface area contributed by atoms with Crippen LogP contribution in [0.4, 0.5) is 4.39 Å². The van der Waals surface area contributed by atoms with E-state index in [9.17, 15) is 14.0 Å². The number of amides is 2. The Hall–Kier alpha value is -3.26. The highest BCUT2D eigenvalue weighted by Crippen LogP contribution is 2.15. The molecule has 2 amide bonds. The average molecular weight is 457 g/mol. The van der Waals surface area contributed by atoms with Crippen LogP contribution in [0.15, 0.2) is 71.3 Å². The number of carbonyl (C=O) groups is 2. The first-order valence-electron chi connectivity index (χ1n) is 10.1. The average Bonchev–Trinajstić information content (AvgIpc) is 3.35. The molecule has 8 heteroatoms. The maximum absolute atomic E-state index is 13.2. The van der Waals surface area contributed by atoms with Gasteiger partial charge in [0, 0.05) is 6.54 Å². The van der Waals surface area contributed by atoms with Gasteiger partial charge in [-0.3, -0.25) is 9.59 Å². The summed E-state index contributed by atoms with van der Waals surface area (Å²) in [6.07, 6.45) is 3.87. The molecule has 0 saturated heterocycles. The Morgan fingerprint density at radius 2 is 1.91 bits per heavy atom. The van der Waals surface area contributed by atoms with Crippen molar-refractivity contribution < 1.29 is 23.1 Å². The summed E-state index contributed by atoms with van der Waals surface area (Å²) in [6.45, 7) is 0.579. The lowest BCUT2D eigenvalue weighted by atomic mass is 10.1. The summed E-state index contributed by atoms with van der Waals surface area (Å²) in [6, 6.07) is 16.1. The number of ether oxygens (including phenoxy) is 1. The molecular formula is C24H25FN2O4S. The van der Waals surface area contributed by atoms with Crippen LogP contribution >= 0.6 is 11.8 Å². The summed E-state index contributed by atoms with van der Waals surface area (Å²) in [7, 11) is 0. The first-order chi connectivity index (χ1) is 15.5. The molecule has 0 spiro atoms. The summed E-state index contributed by atoms with van der Waals surface area (Å²) < 4.78 is 24.0. The minimum atomic E-state index is -0.658. The number of halogens is 1. The SMILES string of the molecule is CSCCC(NC(=O)c1ccco1)C(=O)NCc1ccc(OCc2cccc(F)c2)cc1. The van der Waals surface area contributed by atoms with E-state index in [4.69, 9.17) is 9.15 Å². The normalized spacial score (nSPS) is 11.6. The lowest BCUT2D eigenvalue weighted by Crippen LogP contribution is -2.46. The highest BCUT2D eigenvalue weighted by molar-refractivity contribution is 7.98. The van der Waals surface area contributed by atoms with Gasteiger partial charge in [0.15, 0.2) is 5.76 Å². The summed E-state index contributed by atoms with van der Waals surface area (Å²) in [5.74, 6) is 0.567. The smallest absolute Gasteiger partial charge is 0.287 e. The van der Waals surface area contributed by atoms with E-state index in [1.54, 1.807) is 48.2 Å². The van der Waals surface area contributed by atoms with Crippen LogP contribution in [0.3, 0.4) is 0 Å². The maximum atomic E-state index is 13.2. The van der Waals surface area contributed by atoms with E-state index in [2.05, 4.69) is 10.6 Å². The molecule has 6 nitrogen and oxygen atoms in total. The molecule has 0 bridgehead atoms. The Kier molecular flexibility index (Phi) is 8.74. The van der Waals surface area contributed by atoms with Crippen molar-refractivity contribution in [1.82, 2.24) is 10.6 Å². The van der Waals surface area contributed by atoms with Crippen molar-refractivity contribution in [3.8, 4) is 5.75 Å². The standard InChI is InChI=1S/C24H25FN2O4S/c1-32-13-11-21(27-24(29)22-6-3-12-30-22)23(28)26-15-17-7-9-20(10-8-17)31-16-18-4-2-5-19(25)14-18/h2-10,12,14,21H,11,13,15-16H2,1H3,(H,26,28)(H,27,29). The highest BCUT2D eigenvalue weighted by atomic mass is 32.2. The van der Waals surface area contributed by atoms with Crippen molar-refractivity contribution in [3.05, 3.63) is 89.6 Å². The monoisotopic (exact) mass is 456 g/mol. The van der Waals surface area contributed by atoms with Gasteiger partial charge in [0.1, 0.15) is 24.2 Å². The van der Waals surface area contributed by atoms with E-state index < -0.39 is 11.9 Å². The number of rotatable bonds is 11. The van der Waals surface area contributed by atoms with Gasteiger partial charge in [-0.2, -0.15) is 11.8 Å². The lowest BCUT2D eigenvalue weighted by molar-refractivity contribution is -0.123. The molecule has 3 aromatic rings. The van der Waals surface area contributed by atoms with Crippen LogP contribution in [0, 0.1) is 5.82 Å². The second-order valence-electron chi connectivity index (χ2n) is 7.07. The third-order valence-electron chi connectivity index (χ3n) is 4.66. The Morgan fingerprint density at radius 1 is 1.09 bits per heavy atom. The summed E-state index contributed by atoms with van der Waals surface area (Å²) in [4.78, 5) is 24.9. The Balaban J connectivity index is 1.50. The van der Waals surface area contributed by atoms with Crippen molar-refractivity contribution in [3.63, 3.8) is 0 Å². The van der Waals surface area contributed by atoms with E-state index in [0.29, 0.717) is 18.7 Å². The van der Waals surface area contributed by atoms with Crippen LogP contribution in [-0.2, 0) is 17.9 Å². The van der Waals surface area contributed by atoms with Gasteiger partial charge in [0.25, 0.3) is 5.91 Å². The van der Waals surface area contributed by atoms with Crippen molar-refractivity contribution in [2.75, 3.05) is 12.0 Å². The molecular weight excluding hydrogens is 431 g/mol. The first-order valence-corrected chi connectivity index (χ1v) is 11.5. The molecule has 1 unspecified atom stereocenters. The number of nitrogens with one attached hydrogen (secondary N) is 2. The Morgan fingerprint density at radius 3 is 2.59 bits per heavy atom. The predicted octanol–water partition coefficient (Wildman–Crippen LogP) is 4.17. The van der Waals surface area contributed by atoms with Gasteiger partial charge >= 0.3 is 0 Å². The minimum Gasteiger partial charge on any atom is -0.489 e. The zero-order chi connectivity index (χ0) is 22.8. The minimum absolute atomic E-state index is 0.167. The second-order valence-corrected chi connectivity index (χ2v) is 8.05. The molecule has 3 rings (SSSR count). The van der Waals surface area contributed by atoms with Crippen LogP contribution in [0.5, 0.6) is 5.75 Å². The summed E-state index contributed by atoms with van der Waals surface area (Å²) >= 11 is 1.60. The number of carbonyl (C=O) groups excluding carboxylic acids is 2. The van der Waals surface area contributed by atoms with Gasteiger partial charge in [-0.05, 0) is 66.0 Å². The van der Waals surface area contributed by atoms with E-state index in [0.717, 1.165) is 16.9 Å². The molecule has 0 saturated carbocycles. The van der Waals surface area contributed by atoms with Gasteiger partial charge in [0.05, 0.1) is 6.26 Å². The van der Waals surface area contributed by atoms with Crippen molar-refractivity contribution in [2.24, 2.45) is 0 Å². The van der Waals surface area contributed by atoms with E-state index in [1.807, 2.05) is 18.4 Å². The quantitative estimate of drug-likeness (QED) is 0.453. The zero-order valence-corrected chi connectivity index (χ0v) is 18.5. The van der Waals surface area contributed by atoms with Crippen LogP contribution in [0.1, 0.15) is 28.1 Å². The fraction of sp³-hybridized carbons (Fsp3) is 0.250. The molecule has 2 N–H and O–H groups in total. The van der Waals surface area contributed by atoms with E-state index in [-0.39, 0.29) is 24.1 Å². The second kappa shape index (κ2) is 12.0. The fourth-order valence-electron chi connectivity index (χ4n) is 2.95. The van der Waals surface area contributed by atoms with Gasteiger partial charge in [-0.1, -0.05) is 24.3 Å². The molecule has 168 valence electrons. The van der Waals surface area contributed by atoms with Gasteiger partial charge in [-0.25, -0.2) is 4.39 Å². The Bertz CT molecular complexity index is 1010. The van der Waals surface area contributed by atoms with Crippen molar-refractivity contribution in [1.29, 1.82) is 0 Å². The molecule has 0 aliphatic carbocycles. The number of furan rings is 1. The first kappa shape index (κ1) is 23.4. The van der Waals surface area contributed by atoms with Gasteiger partial charge in [0.2, 0.25) is 5.91 Å². The number of thioether (sulfide) groups is 1. The van der Waals surface area contributed by atoms with E-state index >= 15 is 0 Å². The summed E-state index contributed by atoms with van der Waals surface area (Å²) in [5.41, 5.74) is 1.63. The molecule has 1 aromatic heterocycles. The van der Waals surface area contributed by atoms with Crippen LogP contribution in [-0.4, -0.2) is 29.9 Å². The summed E-state index contributed by atoms with van der Waals surface area (Å²) in [5, 5.41) is 5.60. The molecule has 32 heavy (non-hydrogen) atoms. The molecule has 0 fully saturated rings. The number of hydrogen-bond acceptors (Lipinski definition) is 5. The third-order valence-corrected chi connectivity index (χ3v) is 5.31. The molecule has 0 aliphatic rings. The lowest BCUT2D eigenvalue weighted by Gasteiger charge is -2.17. The zero-order valence-electron chi connectivity index (χ0n) is 17.7. The number of benzene rings is 2. The third kappa shape index (κ3) is 7.16. The van der Waals surface area contributed by atoms with Crippen molar-refractivity contribution in [2.45, 2.75) is 25.6 Å². The Labute approximate surface area is 190 Å². The highest BCUT2D eigenvalue weighted by Gasteiger charge is 2.22. The van der Waals surface area contributed by atoms with Crippen LogP contribution in [0.2, 0.25) is 0 Å². The van der Waals surface area contributed by atoms with Gasteiger partial charge < -0.3 is 19.8 Å². The van der Waals surface area contributed by atoms with Crippen LogP contribution < -0.4 is 15.4 Å². The van der Waals surface area contributed by atoms with Crippen molar-refractivity contribution >= 4 is 23.6 Å². The van der Waals surface area contributed by atoms with Crippen LogP contribution in [0.25, 0.3) is 0 Å². The van der Waals surface area contributed by atoms with E-state index in [1.165, 1.54) is 18.4 Å². The molecule has 1 atom stereocenters.